The normalized spacial score (nSPS) is 29.6. The monoisotopic (exact) mass is 329 g/mol. The number of fused-ring (bicyclic) bond motifs is 1. The first-order valence-electron chi connectivity index (χ1n) is 9.28. The minimum Gasteiger partial charge on any atom is -0.485 e. The summed E-state index contributed by atoms with van der Waals surface area (Å²) in [6, 6.07) is 6.12. The molecule has 3 aliphatic rings. The third-order valence-corrected chi connectivity index (χ3v) is 6.01. The van der Waals surface area contributed by atoms with Crippen LogP contribution in [-0.2, 0) is 4.79 Å². The molecule has 1 N–H and O–H groups in total. The molecular weight excluding hydrogens is 302 g/mol. The lowest BCUT2D eigenvalue weighted by molar-refractivity contribution is -0.139. The standard InChI is InChI=1S/C20H27NO3/c1-20(2)19(23)18(21-11-5-8-17(21)22)15-12-14(9-10-16(15)24-20)13-6-3-4-7-13/h9-10,12-13,18-19,23H,3-8,11H2,1-2H3. The topological polar surface area (TPSA) is 49.8 Å². The Balaban J connectivity index is 1.77. The Labute approximate surface area is 143 Å². The molecule has 0 aromatic heterocycles. The van der Waals surface area contributed by atoms with Crippen LogP contribution in [0.3, 0.4) is 0 Å². The van der Waals surface area contributed by atoms with Gasteiger partial charge in [-0.25, -0.2) is 0 Å². The van der Waals surface area contributed by atoms with Gasteiger partial charge < -0.3 is 14.7 Å². The van der Waals surface area contributed by atoms with Crippen molar-refractivity contribution in [1.29, 1.82) is 0 Å². The molecule has 1 aromatic rings. The van der Waals surface area contributed by atoms with E-state index < -0.39 is 11.7 Å². The van der Waals surface area contributed by atoms with Gasteiger partial charge in [-0.3, -0.25) is 4.79 Å². The molecule has 4 nitrogen and oxygen atoms in total. The number of ether oxygens (including phenoxy) is 1. The van der Waals surface area contributed by atoms with E-state index in [9.17, 15) is 9.90 Å². The summed E-state index contributed by atoms with van der Waals surface area (Å²) >= 11 is 0. The summed E-state index contributed by atoms with van der Waals surface area (Å²) in [5.41, 5.74) is 1.62. The summed E-state index contributed by atoms with van der Waals surface area (Å²) in [5.74, 6) is 1.57. The Hall–Kier alpha value is -1.55. The van der Waals surface area contributed by atoms with Crippen molar-refractivity contribution in [2.75, 3.05) is 6.54 Å². The molecule has 1 aromatic carbocycles. The molecule has 2 aliphatic heterocycles. The summed E-state index contributed by atoms with van der Waals surface area (Å²) < 4.78 is 6.09. The van der Waals surface area contributed by atoms with Gasteiger partial charge in [-0.1, -0.05) is 18.9 Å². The van der Waals surface area contributed by atoms with E-state index in [2.05, 4.69) is 12.1 Å². The number of aliphatic hydroxyl groups is 1. The lowest BCUT2D eigenvalue weighted by Gasteiger charge is -2.45. The van der Waals surface area contributed by atoms with Crippen molar-refractivity contribution in [1.82, 2.24) is 4.90 Å². The van der Waals surface area contributed by atoms with Crippen LogP contribution >= 0.6 is 0 Å². The van der Waals surface area contributed by atoms with Crippen LogP contribution in [0.15, 0.2) is 18.2 Å². The first-order chi connectivity index (χ1) is 11.5. The van der Waals surface area contributed by atoms with E-state index in [1.807, 2.05) is 24.8 Å². The molecule has 1 aliphatic carbocycles. The number of rotatable bonds is 2. The number of likely N-dealkylation sites (tertiary alicyclic amines) is 1. The highest BCUT2D eigenvalue weighted by atomic mass is 16.5. The molecule has 2 fully saturated rings. The second kappa shape index (κ2) is 5.76. The van der Waals surface area contributed by atoms with Crippen LogP contribution in [0.25, 0.3) is 0 Å². The Bertz CT molecular complexity index is 648. The quantitative estimate of drug-likeness (QED) is 0.903. The predicted molar refractivity (Wildman–Crippen MR) is 92.1 cm³/mol. The van der Waals surface area contributed by atoms with E-state index in [0.717, 1.165) is 24.3 Å². The molecule has 0 radical (unpaired) electrons. The summed E-state index contributed by atoms with van der Waals surface area (Å²) in [6.45, 7) is 4.53. The van der Waals surface area contributed by atoms with Gasteiger partial charge in [0.25, 0.3) is 0 Å². The molecule has 2 unspecified atom stereocenters. The van der Waals surface area contributed by atoms with Crippen molar-refractivity contribution < 1.29 is 14.6 Å². The lowest BCUT2D eigenvalue weighted by Crippen LogP contribution is -2.53. The maximum atomic E-state index is 12.4. The number of benzene rings is 1. The summed E-state index contributed by atoms with van der Waals surface area (Å²) in [4.78, 5) is 14.2. The highest BCUT2D eigenvalue weighted by molar-refractivity contribution is 5.79. The number of aliphatic hydroxyl groups excluding tert-OH is 1. The van der Waals surface area contributed by atoms with Crippen LogP contribution in [-0.4, -0.2) is 34.2 Å². The third-order valence-electron chi connectivity index (χ3n) is 6.01. The zero-order valence-electron chi connectivity index (χ0n) is 14.6. The number of hydrogen-bond donors (Lipinski definition) is 1. The highest BCUT2D eigenvalue weighted by Crippen LogP contribution is 2.46. The van der Waals surface area contributed by atoms with E-state index in [1.165, 1.54) is 31.2 Å². The van der Waals surface area contributed by atoms with Crippen LogP contribution in [0.4, 0.5) is 0 Å². The maximum absolute atomic E-state index is 12.4. The molecule has 2 atom stereocenters. The minimum atomic E-state index is -0.717. The molecule has 0 spiro atoms. The Morgan fingerprint density at radius 3 is 2.62 bits per heavy atom. The molecule has 2 heterocycles. The van der Waals surface area contributed by atoms with Gasteiger partial charge in [0.05, 0.1) is 6.04 Å². The minimum absolute atomic E-state index is 0.147. The fraction of sp³-hybridized carbons (Fsp3) is 0.650. The Morgan fingerprint density at radius 1 is 1.21 bits per heavy atom. The number of carbonyl (C=O) groups excluding carboxylic acids is 1. The SMILES string of the molecule is CC1(C)Oc2ccc(C3CCCC3)cc2C(N2CCCC2=O)C1O. The van der Waals surface area contributed by atoms with Crippen LogP contribution in [0.5, 0.6) is 5.75 Å². The second-order valence-corrected chi connectivity index (χ2v) is 8.06. The third kappa shape index (κ3) is 2.52. The van der Waals surface area contributed by atoms with Gasteiger partial charge in [-0.05, 0) is 56.7 Å². The van der Waals surface area contributed by atoms with Crippen molar-refractivity contribution in [3.05, 3.63) is 29.3 Å². The van der Waals surface area contributed by atoms with Crippen LogP contribution < -0.4 is 4.74 Å². The Morgan fingerprint density at radius 2 is 1.96 bits per heavy atom. The van der Waals surface area contributed by atoms with Crippen molar-refractivity contribution in [3.63, 3.8) is 0 Å². The van der Waals surface area contributed by atoms with E-state index >= 15 is 0 Å². The summed E-state index contributed by atoms with van der Waals surface area (Å²) in [7, 11) is 0. The fourth-order valence-corrected chi connectivity index (χ4v) is 4.60. The van der Waals surface area contributed by atoms with Gasteiger partial charge in [0, 0.05) is 18.5 Å². The lowest BCUT2D eigenvalue weighted by atomic mass is 9.83. The van der Waals surface area contributed by atoms with Crippen LogP contribution in [0.1, 0.15) is 75.5 Å². The van der Waals surface area contributed by atoms with Crippen LogP contribution in [0.2, 0.25) is 0 Å². The number of nitrogens with zero attached hydrogens (tertiary/aromatic N) is 1. The summed E-state index contributed by atoms with van der Waals surface area (Å²) in [6.07, 6.45) is 5.81. The smallest absolute Gasteiger partial charge is 0.223 e. The molecular formula is C20H27NO3. The van der Waals surface area contributed by atoms with Gasteiger partial charge in [0.1, 0.15) is 17.5 Å². The van der Waals surface area contributed by atoms with Crippen molar-refractivity contribution in [2.24, 2.45) is 0 Å². The van der Waals surface area contributed by atoms with E-state index in [0.29, 0.717) is 12.3 Å². The average molecular weight is 329 g/mol. The molecule has 4 heteroatoms. The molecule has 1 saturated heterocycles. The molecule has 1 saturated carbocycles. The highest BCUT2D eigenvalue weighted by Gasteiger charge is 2.47. The zero-order chi connectivity index (χ0) is 16.9. The first kappa shape index (κ1) is 15.9. The average Bonchev–Trinajstić information content (AvgIpc) is 3.20. The molecule has 0 bridgehead atoms. The Kier molecular flexibility index (Phi) is 3.83. The number of carbonyl (C=O) groups is 1. The van der Waals surface area contributed by atoms with Gasteiger partial charge in [0.2, 0.25) is 5.91 Å². The maximum Gasteiger partial charge on any atom is 0.223 e. The van der Waals surface area contributed by atoms with Crippen molar-refractivity contribution in [3.8, 4) is 5.75 Å². The van der Waals surface area contributed by atoms with E-state index in [-0.39, 0.29) is 11.9 Å². The fourth-order valence-electron chi connectivity index (χ4n) is 4.60. The molecule has 130 valence electrons. The number of amides is 1. The van der Waals surface area contributed by atoms with Crippen molar-refractivity contribution >= 4 is 5.91 Å². The van der Waals surface area contributed by atoms with E-state index in [1.54, 1.807) is 0 Å². The molecule has 24 heavy (non-hydrogen) atoms. The van der Waals surface area contributed by atoms with E-state index in [4.69, 9.17) is 4.74 Å². The first-order valence-corrected chi connectivity index (χ1v) is 9.28. The van der Waals surface area contributed by atoms with Gasteiger partial charge >= 0.3 is 0 Å². The number of hydrogen-bond acceptors (Lipinski definition) is 3. The zero-order valence-corrected chi connectivity index (χ0v) is 14.6. The van der Waals surface area contributed by atoms with Crippen LogP contribution in [0, 0.1) is 0 Å². The van der Waals surface area contributed by atoms with Gasteiger partial charge in [-0.15, -0.1) is 0 Å². The van der Waals surface area contributed by atoms with Gasteiger partial charge in [-0.2, -0.15) is 0 Å². The van der Waals surface area contributed by atoms with Crippen molar-refractivity contribution in [2.45, 2.75) is 76.0 Å². The predicted octanol–water partition coefficient (Wildman–Crippen LogP) is 3.54. The van der Waals surface area contributed by atoms with Gasteiger partial charge in [0.15, 0.2) is 0 Å². The summed E-state index contributed by atoms with van der Waals surface area (Å²) in [5, 5.41) is 11.0. The molecule has 4 rings (SSSR count). The molecule has 1 amide bonds. The second-order valence-electron chi connectivity index (χ2n) is 8.06. The largest absolute Gasteiger partial charge is 0.485 e.